The molecule has 0 bridgehead atoms. The van der Waals surface area contributed by atoms with E-state index < -0.39 is 28.9 Å². The molecule has 2 atom stereocenters. The molecule has 0 spiro atoms. The highest BCUT2D eigenvalue weighted by Gasteiger charge is 2.42. The maximum atomic E-state index is 13.3. The number of β-lactam (4-membered cyclic amide) rings is 1. The van der Waals surface area contributed by atoms with Gasteiger partial charge in [-0.25, -0.2) is 9.78 Å². The van der Waals surface area contributed by atoms with Gasteiger partial charge in [0.25, 0.3) is 5.56 Å². The van der Waals surface area contributed by atoms with Gasteiger partial charge in [-0.2, -0.15) is 0 Å². The highest BCUT2D eigenvalue weighted by atomic mass is 32.1. The average molecular weight is 503 g/mol. The van der Waals surface area contributed by atoms with Crippen LogP contribution >= 0.6 is 11.3 Å². The van der Waals surface area contributed by atoms with Gasteiger partial charge in [-0.05, 0) is 47.6 Å². The highest BCUT2D eigenvalue weighted by molar-refractivity contribution is 7.09. The third kappa shape index (κ3) is 6.62. The van der Waals surface area contributed by atoms with E-state index in [9.17, 15) is 19.2 Å². The first-order valence-electron chi connectivity index (χ1n) is 11.2. The molecule has 35 heavy (non-hydrogen) atoms. The van der Waals surface area contributed by atoms with E-state index in [1.165, 1.54) is 35.8 Å². The minimum Gasteiger partial charge on any atom is -0.457 e. The third-order valence-corrected chi connectivity index (χ3v) is 6.00. The quantitative estimate of drug-likeness (QED) is 0.241. The van der Waals surface area contributed by atoms with Crippen LogP contribution < -0.4 is 10.9 Å². The number of carbonyl (C=O) groups excluding carboxylic acids is 3. The van der Waals surface area contributed by atoms with Crippen molar-refractivity contribution in [3.05, 3.63) is 50.8 Å². The largest absolute Gasteiger partial charge is 0.457 e. The summed E-state index contributed by atoms with van der Waals surface area (Å²) in [5.41, 5.74) is -2.17. The van der Waals surface area contributed by atoms with E-state index in [2.05, 4.69) is 15.5 Å². The van der Waals surface area contributed by atoms with Crippen molar-refractivity contribution in [1.29, 1.82) is 0 Å². The molecule has 0 aromatic carbocycles. The van der Waals surface area contributed by atoms with Crippen molar-refractivity contribution < 1.29 is 24.0 Å². The van der Waals surface area contributed by atoms with Crippen LogP contribution in [-0.2, 0) is 30.5 Å². The fourth-order valence-electron chi connectivity index (χ4n) is 3.32. The van der Waals surface area contributed by atoms with Crippen molar-refractivity contribution in [2.24, 2.45) is 11.1 Å². The van der Waals surface area contributed by atoms with Crippen LogP contribution in [0.3, 0.4) is 0 Å². The number of rotatable bonds is 9. The monoisotopic (exact) mass is 502 g/mol. The predicted molar refractivity (Wildman–Crippen MR) is 130 cm³/mol. The Hall–Kier alpha value is -3.34. The minimum absolute atomic E-state index is 0.0821. The summed E-state index contributed by atoms with van der Waals surface area (Å²) in [4.78, 5) is 59.9. The van der Waals surface area contributed by atoms with Gasteiger partial charge in [-0.15, -0.1) is 11.3 Å². The van der Waals surface area contributed by atoms with Gasteiger partial charge in [0.05, 0.1) is 17.0 Å². The number of aryl methyl sites for hydroxylation is 1. The second kappa shape index (κ2) is 10.1. The number of hydrogen-bond acceptors (Lipinski definition) is 9. The van der Waals surface area contributed by atoms with Crippen molar-refractivity contribution in [2.75, 3.05) is 0 Å². The molecule has 0 unspecified atom stereocenters. The van der Waals surface area contributed by atoms with Crippen molar-refractivity contribution in [3.8, 4) is 0 Å². The second-order valence-electron chi connectivity index (χ2n) is 9.84. The van der Waals surface area contributed by atoms with Gasteiger partial charge in [-0.3, -0.25) is 14.4 Å². The lowest BCUT2D eigenvalue weighted by Crippen LogP contribution is -2.61. The number of thiazole rings is 1. The average Bonchev–Trinajstić information content (AvgIpc) is 3.18. The molecule has 1 fully saturated rings. The molecule has 3 heterocycles. The number of pyridine rings is 1. The maximum Gasteiger partial charge on any atom is 0.353 e. The Morgan fingerprint density at radius 3 is 2.49 bits per heavy atom. The van der Waals surface area contributed by atoms with Crippen molar-refractivity contribution in [1.82, 2.24) is 14.9 Å². The lowest BCUT2D eigenvalue weighted by Gasteiger charge is -2.36. The number of ketones is 1. The van der Waals surface area contributed by atoms with E-state index in [-0.39, 0.29) is 36.2 Å². The Morgan fingerprint density at radius 2 is 1.91 bits per heavy atom. The molecular weight excluding hydrogens is 472 g/mol. The number of esters is 1. The lowest BCUT2D eigenvalue weighted by atomic mass is 9.84. The number of carbonyl (C=O) groups is 3. The van der Waals surface area contributed by atoms with Crippen molar-refractivity contribution in [3.63, 3.8) is 0 Å². The summed E-state index contributed by atoms with van der Waals surface area (Å²) in [5.74, 6) is -2.02. The van der Waals surface area contributed by atoms with E-state index >= 15 is 0 Å². The Kier molecular flexibility index (Phi) is 7.59. The molecule has 188 valence electrons. The van der Waals surface area contributed by atoms with E-state index in [0.29, 0.717) is 5.69 Å². The lowest BCUT2D eigenvalue weighted by molar-refractivity contribution is -0.179. The topological polar surface area (TPSA) is 129 Å². The Labute approximate surface area is 207 Å². The first-order valence-corrected chi connectivity index (χ1v) is 12.1. The molecule has 1 aliphatic heterocycles. The Balaban J connectivity index is 1.79. The van der Waals surface area contributed by atoms with Crippen LogP contribution in [0.15, 0.2) is 39.7 Å². The van der Waals surface area contributed by atoms with Gasteiger partial charge in [0, 0.05) is 30.6 Å². The van der Waals surface area contributed by atoms with Gasteiger partial charge >= 0.3 is 5.97 Å². The molecule has 0 aliphatic carbocycles. The Morgan fingerprint density at radius 1 is 1.20 bits per heavy atom. The number of ether oxygens (including phenoxy) is 1. The third-order valence-electron chi connectivity index (χ3n) is 5.23. The molecule has 2 aromatic heterocycles. The number of nitrogens with one attached hydrogen (secondary N) is 1. The predicted octanol–water partition coefficient (Wildman–Crippen LogP) is 2.23. The van der Waals surface area contributed by atoms with Crippen LogP contribution in [0, 0.1) is 12.8 Å². The van der Waals surface area contributed by atoms with E-state index in [0.717, 1.165) is 5.01 Å². The summed E-state index contributed by atoms with van der Waals surface area (Å²) >= 11 is 1.33. The molecule has 1 amide bonds. The standard InChI is InChI=1S/C24H30N4O6S/c1-14-25-17(13-35-14)20(27-34-24(5,6)22(32)33-23(2,3)4)18(29)11-15-16(26-21(15)31)12-28-10-8-7-9-19(28)30/h7-10,13,15-16H,11-12H2,1-6H3,(H,26,31)/b27-20-/t15-,16+/m0/s1. The van der Waals surface area contributed by atoms with E-state index in [4.69, 9.17) is 9.57 Å². The molecule has 1 N–H and O–H groups in total. The first kappa shape index (κ1) is 26.3. The number of amides is 1. The number of aromatic nitrogens is 2. The maximum absolute atomic E-state index is 13.3. The normalized spacial score (nSPS) is 18.5. The first-order chi connectivity index (χ1) is 16.3. The fourth-order valence-corrected chi connectivity index (χ4v) is 3.91. The van der Waals surface area contributed by atoms with Crippen molar-refractivity contribution >= 4 is 34.7 Å². The molecule has 10 nitrogen and oxygen atoms in total. The summed E-state index contributed by atoms with van der Waals surface area (Å²) in [7, 11) is 0. The summed E-state index contributed by atoms with van der Waals surface area (Å²) in [6.07, 6.45) is 1.48. The van der Waals surface area contributed by atoms with Crippen LogP contribution in [0.5, 0.6) is 0 Å². The van der Waals surface area contributed by atoms with Gasteiger partial charge < -0.3 is 19.5 Å². The highest BCUT2D eigenvalue weighted by Crippen LogP contribution is 2.23. The van der Waals surface area contributed by atoms with Crippen LogP contribution in [0.25, 0.3) is 0 Å². The molecule has 11 heteroatoms. The number of nitrogens with zero attached hydrogens (tertiary/aromatic N) is 3. The van der Waals surface area contributed by atoms with Crippen LogP contribution in [0.2, 0.25) is 0 Å². The van der Waals surface area contributed by atoms with Crippen LogP contribution in [0.4, 0.5) is 0 Å². The molecule has 0 saturated carbocycles. The van der Waals surface area contributed by atoms with E-state index in [1.807, 2.05) is 0 Å². The fraction of sp³-hybridized carbons (Fsp3) is 0.500. The smallest absolute Gasteiger partial charge is 0.353 e. The molecule has 2 aromatic rings. The number of Topliss-reactive ketones (excluding diaryl/α,β-unsaturated/α-hetero) is 1. The summed E-state index contributed by atoms with van der Waals surface area (Å²) in [6, 6.07) is 4.40. The zero-order valence-corrected chi connectivity index (χ0v) is 21.5. The van der Waals surface area contributed by atoms with Gasteiger partial charge in [0.15, 0.2) is 11.5 Å². The van der Waals surface area contributed by atoms with Crippen molar-refractivity contribution in [2.45, 2.75) is 71.8 Å². The number of hydrogen-bond donors (Lipinski definition) is 1. The molecule has 0 radical (unpaired) electrons. The second-order valence-corrected chi connectivity index (χ2v) is 10.9. The van der Waals surface area contributed by atoms with Gasteiger partial charge in [0.2, 0.25) is 11.5 Å². The summed E-state index contributed by atoms with van der Waals surface area (Å²) in [6.45, 7) is 10.2. The summed E-state index contributed by atoms with van der Waals surface area (Å²) in [5, 5.41) is 9.15. The Bertz CT molecular complexity index is 1210. The van der Waals surface area contributed by atoms with Gasteiger partial charge in [0.1, 0.15) is 11.3 Å². The molecule has 1 saturated heterocycles. The minimum atomic E-state index is -1.46. The van der Waals surface area contributed by atoms with Crippen LogP contribution in [-0.4, -0.2) is 50.2 Å². The van der Waals surface area contributed by atoms with E-state index in [1.54, 1.807) is 51.4 Å². The van der Waals surface area contributed by atoms with Crippen LogP contribution in [0.1, 0.15) is 51.7 Å². The zero-order chi connectivity index (χ0) is 26.0. The number of oxime groups is 1. The molecular formula is C24H30N4O6S. The van der Waals surface area contributed by atoms with Gasteiger partial charge in [-0.1, -0.05) is 11.2 Å². The molecule has 3 rings (SSSR count). The SMILES string of the molecule is Cc1nc(/C(=N/OC(C)(C)C(=O)OC(C)(C)C)C(=O)C[C@@H]2C(=O)N[C@@H]2Cn2ccccc2=O)cs1. The summed E-state index contributed by atoms with van der Waals surface area (Å²) < 4.78 is 6.86. The zero-order valence-electron chi connectivity index (χ0n) is 20.7. The molecule has 1 aliphatic rings.